The van der Waals surface area contributed by atoms with E-state index in [0.717, 1.165) is 11.3 Å². The minimum absolute atomic E-state index is 0.217. The van der Waals surface area contributed by atoms with Crippen molar-refractivity contribution >= 4 is 11.6 Å². The first kappa shape index (κ1) is 15.0. The number of carbonyl (C=O) groups is 1. The van der Waals surface area contributed by atoms with Gasteiger partial charge in [0, 0.05) is 5.69 Å². The van der Waals surface area contributed by atoms with Gasteiger partial charge in [-0.3, -0.25) is 4.79 Å². The van der Waals surface area contributed by atoms with Gasteiger partial charge in [-0.1, -0.05) is 24.6 Å². The zero-order chi connectivity index (χ0) is 15.2. The third kappa shape index (κ3) is 4.31. The van der Waals surface area contributed by atoms with Crippen LogP contribution >= 0.6 is 0 Å². The Kier molecular flexibility index (Phi) is 4.93. The first-order valence-corrected chi connectivity index (χ1v) is 6.88. The molecule has 2 rings (SSSR count). The van der Waals surface area contributed by atoms with Crippen LogP contribution in [0.1, 0.15) is 18.9 Å². The maximum Gasteiger partial charge on any atom is 0.265 e. The van der Waals surface area contributed by atoms with Crippen molar-refractivity contribution in [1.82, 2.24) is 0 Å². The summed E-state index contributed by atoms with van der Waals surface area (Å²) in [6.45, 7) is 3.85. The zero-order valence-corrected chi connectivity index (χ0v) is 12.1. The summed E-state index contributed by atoms with van der Waals surface area (Å²) in [6.07, 6.45) is -0.0912. The molecule has 1 atom stereocenters. The summed E-state index contributed by atoms with van der Waals surface area (Å²) in [4.78, 5) is 12.2. The number of carbonyl (C=O) groups excluding carboxylic acids is 1. The van der Waals surface area contributed by atoms with E-state index < -0.39 is 6.10 Å². The summed E-state index contributed by atoms with van der Waals surface area (Å²) in [7, 11) is 0. The molecular weight excluding hydrogens is 269 g/mol. The van der Waals surface area contributed by atoms with Crippen molar-refractivity contribution in [3.8, 4) is 5.75 Å². The smallest absolute Gasteiger partial charge is 0.265 e. The van der Waals surface area contributed by atoms with Crippen LogP contribution in [0.25, 0.3) is 0 Å². The van der Waals surface area contributed by atoms with E-state index in [4.69, 9.17) is 4.74 Å². The van der Waals surface area contributed by atoms with Gasteiger partial charge in [0.25, 0.3) is 5.91 Å². The number of nitrogens with one attached hydrogen (secondary N) is 1. The van der Waals surface area contributed by atoms with Crippen LogP contribution in [0.15, 0.2) is 48.5 Å². The Morgan fingerprint density at radius 1 is 1.14 bits per heavy atom. The number of hydrogen-bond acceptors (Lipinski definition) is 2. The van der Waals surface area contributed by atoms with Gasteiger partial charge >= 0.3 is 0 Å². The minimum Gasteiger partial charge on any atom is -0.481 e. The molecule has 4 heteroatoms. The number of hydrogen-bond donors (Lipinski definition) is 1. The highest BCUT2D eigenvalue weighted by atomic mass is 19.1. The molecular formula is C17H18FNO2. The van der Waals surface area contributed by atoms with E-state index in [-0.39, 0.29) is 11.7 Å². The van der Waals surface area contributed by atoms with Crippen molar-refractivity contribution in [2.45, 2.75) is 26.4 Å². The average molecular weight is 287 g/mol. The molecule has 21 heavy (non-hydrogen) atoms. The number of anilines is 1. The Morgan fingerprint density at radius 2 is 1.76 bits per heavy atom. The molecule has 110 valence electrons. The average Bonchev–Trinajstić information content (AvgIpc) is 2.49. The molecule has 3 nitrogen and oxygen atoms in total. The second kappa shape index (κ2) is 6.88. The van der Waals surface area contributed by atoms with Gasteiger partial charge in [-0.05, 0) is 49.7 Å². The van der Waals surface area contributed by atoms with Gasteiger partial charge in [0.05, 0.1) is 0 Å². The van der Waals surface area contributed by atoms with Gasteiger partial charge in [-0.15, -0.1) is 0 Å². The molecule has 0 aliphatic carbocycles. The second-order valence-electron chi connectivity index (χ2n) is 4.82. The van der Waals surface area contributed by atoms with Crippen LogP contribution in [-0.4, -0.2) is 12.0 Å². The van der Waals surface area contributed by atoms with Gasteiger partial charge < -0.3 is 10.1 Å². The van der Waals surface area contributed by atoms with E-state index in [2.05, 4.69) is 5.32 Å². The molecule has 0 saturated heterocycles. The van der Waals surface area contributed by atoms with Crippen LogP contribution in [0.2, 0.25) is 0 Å². The number of rotatable bonds is 5. The molecule has 2 aromatic rings. The summed E-state index contributed by atoms with van der Waals surface area (Å²) in [5, 5.41) is 2.81. The minimum atomic E-state index is -0.614. The highest BCUT2D eigenvalue weighted by Crippen LogP contribution is 2.16. The first-order chi connectivity index (χ1) is 10.1. The van der Waals surface area contributed by atoms with E-state index in [0.29, 0.717) is 12.2 Å². The van der Waals surface area contributed by atoms with Gasteiger partial charge in [-0.25, -0.2) is 4.39 Å². The van der Waals surface area contributed by atoms with Crippen molar-refractivity contribution in [2.24, 2.45) is 0 Å². The molecule has 0 aliphatic heterocycles. The van der Waals surface area contributed by atoms with E-state index in [9.17, 15) is 9.18 Å². The van der Waals surface area contributed by atoms with Gasteiger partial charge in [0.2, 0.25) is 0 Å². The van der Waals surface area contributed by atoms with Gasteiger partial charge in [0.1, 0.15) is 11.6 Å². The molecule has 0 bridgehead atoms. The van der Waals surface area contributed by atoms with Crippen molar-refractivity contribution in [3.63, 3.8) is 0 Å². The SMILES string of the molecule is CCC(Oc1ccc(F)cc1)C(=O)Nc1ccc(C)cc1. The zero-order valence-electron chi connectivity index (χ0n) is 12.1. The summed E-state index contributed by atoms with van der Waals surface area (Å²) in [5.41, 5.74) is 1.86. The monoisotopic (exact) mass is 287 g/mol. The highest BCUT2D eigenvalue weighted by molar-refractivity contribution is 5.94. The molecule has 0 fully saturated rings. The lowest BCUT2D eigenvalue weighted by atomic mass is 10.2. The highest BCUT2D eigenvalue weighted by Gasteiger charge is 2.18. The molecule has 0 aromatic heterocycles. The Bertz CT molecular complexity index is 593. The Balaban J connectivity index is 2.01. The van der Waals surface area contributed by atoms with Crippen LogP contribution in [0.4, 0.5) is 10.1 Å². The lowest BCUT2D eigenvalue weighted by molar-refractivity contribution is -0.122. The Hall–Kier alpha value is -2.36. The largest absolute Gasteiger partial charge is 0.481 e. The summed E-state index contributed by atoms with van der Waals surface area (Å²) in [5.74, 6) is -0.0764. The van der Waals surface area contributed by atoms with E-state index >= 15 is 0 Å². The summed E-state index contributed by atoms with van der Waals surface area (Å²) >= 11 is 0. The third-order valence-electron chi connectivity index (χ3n) is 3.07. The second-order valence-corrected chi connectivity index (χ2v) is 4.82. The number of halogens is 1. The Morgan fingerprint density at radius 3 is 2.33 bits per heavy atom. The molecule has 1 N–H and O–H groups in total. The summed E-state index contributed by atoms with van der Waals surface area (Å²) < 4.78 is 18.4. The Labute approximate surface area is 123 Å². The normalized spacial score (nSPS) is 11.8. The quantitative estimate of drug-likeness (QED) is 0.905. The predicted molar refractivity (Wildman–Crippen MR) is 80.9 cm³/mol. The molecule has 0 heterocycles. The maximum atomic E-state index is 12.8. The molecule has 1 amide bonds. The van der Waals surface area contributed by atoms with Crippen molar-refractivity contribution < 1.29 is 13.9 Å². The molecule has 1 unspecified atom stereocenters. The number of ether oxygens (including phenoxy) is 1. The third-order valence-corrected chi connectivity index (χ3v) is 3.07. The van der Waals surface area contributed by atoms with E-state index in [1.54, 1.807) is 0 Å². The standard InChI is InChI=1S/C17H18FNO2/c1-3-16(21-15-10-6-13(18)7-11-15)17(20)19-14-8-4-12(2)5-9-14/h4-11,16H,3H2,1-2H3,(H,19,20). The molecule has 2 aromatic carbocycles. The van der Waals surface area contributed by atoms with Crippen LogP contribution in [0.3, 0.4) is 0 Å². The van der Waals surface area contributed by atoms with E-state index in [1.807, 2.05) is 38.1 Å². The maximum absolute atomic E-state index is 12.8. The van der Waals surface area contributed by atoms with E-state index in [1.165, 1.54) is 24.3 Å². The number of amides is 1. The lowest BCUT2D eigenvalue weighted by Gasteiger charge is -2.17. The number of benzene rings is 2. The van der Waals surface area contributed by atoms with Crippen molar-refractivity contribution in [2.75, 3.05) is 5.32 Å². The van der Waals surface area contributed by atoms with Crippen LogP contribution < -0.4 is 10.1 Å². The van der Waals surface area contributed by atoms with Crippen LogP contribution in [0.5, 0.6) is 5.75 Å². The van der Waals surface area contributed by atoms with Crippen LogP contribution in [-0.2, 0) is 4.79 Å². The lowest BCUT2D eigenvalue weighted by Crippen LogP contribution is -2.32. The number of aryl methyl sites for hydroxylation is 1. The summed E-state index contributed by atoms with van der Waals surface area (Å²) in [6, 6.07) is 13.2. The fourth-order valence-electron chi connectivity index (χ4n) is 1.86. The molecule has 0 radical (unpaired) electrons. The molecule has 0 saturated carbocycles. The first-order valence-electron chi connectivity index (χ1n) is 6.88. The fraction of sp³-hybridized carbons (Fsp3) is 0.235. The van der Waals surface area contributed by atoms with Crippen molar-refractivity contribution in [3.05, 3.63) is 59.9 Å². The fourth-order valence-corrected chi connectivity index (χ4v) is 1.86. The molecule has 0 aliphatic rings. The van der Waals surface area contributed by atoms with Crippen molar-refractivity contribution in [1.29, 1.82) is 0 Å². The predicted octanol–water partition coefficient (Wildman–Crippen LogP) is 3.93. The topological polar surface area (TPSA) is 38.3 Å². The van der Waals surface area contributed by atoms with Gasteiger partial charge in [-0.2, -0.15) is 0 Å². The van der Waals surface area contributed by atoms with Crippen LogP contribution in [0, 0.1) is 12.7 Å². The molecule has 0 spiro atoms. The van der Waals surface area contributed by atoms with Gasteiger partial charge in [0.15, 0.2) is 6.10 Å².